The first-order valence-corrected chi connectivity index (χ1v) is 5.91. The van der Waals surface area contributed by atoms with Crippen LogP contribution in [0.5, 0.6) is 0 Å². The highest BCUT2D eigenvalue weighted by Gasteiger charge is 2.02. The summed E-state index contributed by atoms with van der Waals surface area (Å²) >= 11 is 0. The quantitative estimate of drug-likeness (QED) is 0.763. The molecule has 0 aliphatic carbocycles. The smallest absolute Gasteiger partial charge is 0.224 e. The van der Waals surface area contributed by atoms with Crippen molar-refractivity contribution in [3.05, 3.63) is 35.4 Å². The zero-order chi connectivity index (χ0) is 12.5. The van der Waals surface area contributed by atoms with Gasteiger partial charge in [-0.25, -0.2) is 0 Å². The molecule has 0 bridgehead atoms. The van der Waals surface area contributed by atoms with E-state index < -0.39 is 0 Å². The van der Waals surface area contributed by atoms with Gasteiger partial charge in [0.2, 0.25) is 5.91 Å². The molecule has 0 saturated carbocycles. The van der Waals surface area contributed by atoms with E-state index >= 15 is 0 Å². The van der Waals surface area contributed by atoms with Crippen molar-refractivity contribution in [3.8, 4) is 6.07 Å². The molecule has 1 rings (SSSR count). The summed E-state index contributed by atoms with van der Waals surface area (Å²) in [4.78, 5) is 11.6. The Bertz CT molecular complexity index is 407. The van der Waals surface area contributed by atoms with Gasteiger partial charge in [-0.15, -0.1) is 0 Å². The molecule has 0 heterocycles. The fourth-order valence-corrected chi connectivity index (χ4v) is 1.63. The van der Waals surface area contributed by atoms with Gasteiger partial charge in [0, 0.05) is 13.0 Å². The molecule has 0 radical (unpaired) electrons. The monoisotopic (exact) mass is 230 g/mol. The third kappa shape index (κ3) is 5.72. The number of nitrogens with zero attached hydrogens (tertiary/aromatic N) is 1. The number of rotatable bonds is 6. The minimum absolute atomic E-state index is 0.0487. The van der Waals surface area contributed by atoms with Gasteiger partial charge in [0.15, 0.2) is 0 Å². The number of carbonyl (C=O) groups is 1. The van der Waals surface area contributed by atoms with Crippen molar-refractivity contribution in [3.63, 3.8) is 0 Å². The summed E-state index contributed by atoms with van der Waals surface area (Å²) in [7, 11) is 0. The molecule has 0 aliphatic rings. The molecule has 0 fully saturated rings. The first-order valence-electron chi connectivity index (χ1n) is 5.91. The Labute approximate surface area is 102 Å². The molecule has 3 nitrogen and oxygen atoms in total. The van der Waals surface area contributed by atoms with E-state index in [0.29, 0.717) is 19.4 Å². The van der Waals surface area contributed by atoms with Crippen LogP contribution >= 0.6 is 0 Å². The maximum absolute atomic E-state index is 11.6. The number of aryl methyl sites for hydroxylation is 1. The lowest BCUT2D eigenvalue weighted by atomic mass is 10.1. The number of nitriles is 1. The van der Waals surface area contributed by atoms with Crippen LogP contribution in [0.3, 0.4) is 0 Å². The molecule has 1 amide bonds. The summed E-state index contributed by atoms with van der Waals surface area (Å²) in [5, 5.41) is 11.2. The van der Waals surface area contributed by atoms with Gasteiger partial charge in [0.25, 0.3) is 0 Å². The van der Waals surface area contributed by atoms with Crippen molar-refractivity contribution >= 4 is 5.91 Å². The first kappa shape index (κ1) is 13.2. The normalized spacial score (nSPS) is 9.65. The molecule has 0 aromatic heterocycles. The molecule has 1 aromatic rings. The lowest BCUT2D eigenvalue weighted by molar-refractivity contribution is -0.120. The summed E-state index contributed by atoms with van der Waals surface area (Å²) in [6.07, 6.45) is 2.71. The second kappa shape index (κ2) is 7.45. The zero-order valence-corrected chi connectivity index (χ0v) is 10.2. The van der Waals surface area contributed by atoms with Gasteiger partial charge in [-0.2, -0.15) is 5.26 Å². The van der Waals surface area contributed by atoms with Crippen LogP contribution in [0.25, 0.3) is 0 Å². The average molecular weight is 230 g/mol. The van der Waals surface area contributed by atoms with E-state index in [1.807, 2.05) is 31.2 Å². The van der Waals surface area contributed by atoms with E-state index in [0.717, 1.165) is 18.4 Å². The second-order valence-electron chi connectivity index (χ2n) is 4.13. The summed E-state index contributed by atoms with van der Waals surface area (Å²) < 4.78 is 0. The van der Waals surface area contributed by atoms with Crippen LogP contribution in [0.15, 0.2) is 24.3 Å². The van der Waals surface area contributed by atoms with Crippen molar-refractivity contribution in [1.29, 1.82) is 5.26 Å². The lowest BCUT2D eigenvalue weighted by Crippen LogP contribution is -2.26. The van der Waals surface area contributed by atoms with E-state index in [1.165, 1.54) is 5.56 Å². The second-order valence-corrected chi connectivity index (χ2v) is 4.13. The number of nitrogens with one attached hydrogen (secondary N) is 1. The van der Waals surface area contributed by atoms with Crippen molar-refractivity contribution in [2.75, 3.05) is 6.54 Å². The van der Waals surface area contributed by atoms with Crippen molar-refractivity contribution in [1.82, 2.24) is 5.32 Å². The summed E-state index contributed by atoms with van der Waals surface area (Å²) in [5.41, 5.74) is 2.21. The van der Waals surface area contributed by atoms with Gasteiger partial charge in [-0.3, -0.25) is 4.79 Å². The molecule has 3 heteroatoms. The largest absolute Gasteiger partial charge is 0.356 e. The minimum Gasteiger partial charge on any atom is -0.356 e. The Kier molecular flexibility index (Phi) is 5.81. The summed E-state index contributed by atoms with van der Waals surface area (Å²) in [6.45, 7) is 2.68. The minimum atomic E-state index is 0.0487. The Morgan fingerprint density at radius 1 is 1.41 bits per heavy atom. The number of amides is 1. The third-order valence-corrected chi connectivity index (χ3v) is 2.48. The maximum Gasteiger partial charge on any atom is 0.224 e. The number of carbonyl (C=O) groups excluding carboxylic acids is 1. The van der Waals surface area contributed by atoms with E-state index in [9.17, 15) is 4.79 Å². The Morgan fingerprint density at radius 3 is 2.94 bits per heavy atom. The molecular weight excluding hydrogens is 212 g/mol. The van der Waals surface area contributed by atoms with E-state index in [4.69, 9.17) is 5.26 Å². The third-order valence-electron chi connectivity index (χ3n) is 2.48. The highest BCUT2D eigenvalue weighted by atomic mass is 16.1. The van der Waals surface area contributed by atoms with Crippen molar-refractivity contribution < 1.29 is 4.79 Å². The fraction of sp³-hybridized carbons (Fsp3) is 0.429. The van der Waals surface area contributed by atoms with Crippen LogP contribution in [0.1, 0.15) is 30.4 Å². The molecule has 0 saturated heterocycles. The van der Waals surface area contributed by atoms with E-state index in [2.05, 4.69) is 11.4 Å². The molecule has 90 valence electrons. The molecule has 0 aliphatic heterocycles. The topological polar surface area (TPSA) is 52.9 Å². The maximum atomic E-state index is 11.6. The summed E-state index contributed by atoms with van der Waals surface area (Å²) in [6, 6.07) is 10.1. The van der Waals surface area contributed by atoms with Crippen LogP contribution < -0.4 is 5.32 Å². The molecule has 1 aromatic carbocycles. The van der Waals surface area contributed by atoms with Gasteiger partial charge in [0.05, 0.1) is 12.5 Å². The highest BCUT2D eigenvalue weighted by molar-refractivity contribution is 5.78. The Hall–Kier alpha value is -1.82. The predicted molar refractivity (Wildman–Crippen MR) is 67.4 cm³/mol. The van der Waals surface area contributed by atoms with E-state index in [-0.39, 0.29) is 5.91 Å². The van der Waals surface area contributed by atoms with Crippen LogP contribution in [0, 0.1) is 18.3 Å². The molecule has 0 spiro atoms. The molecule has 1 N–H and O–H groups in total. The van der Waals surface area contributed by atoms with Gasteiger partial charge in [-0.1, -0.05) is 29.8 Å². The standard InChI is InChI=1S/C14H18N2O/c1-12-6-5-7-13(10-12)11-14(17)16-9-4-2-3-8-15/h5-7,10H,2-4,9,11H2,1H3,(H,16,17). The Morgan fingerprint density at radius 2 is 2.24 bits per heavy atom. The molecule has 17 heavy (non-hydrogen) atoms. The number of benzene rings is 1. The average Bonchev–Trinajstić information content (AvgIpc) is 2.29. The van der Waals surface area contributed by atoms with Crippen LogP contribution in [-0.2, 0) is 11.2 Å². The van der Waals surface area contributed by atoms with Gasteiger partial charge >= 0.3 is 0 Å². The molecule has 0 unspecified atom stereocenters. The summed E-state index contributed by atoms with van der Waals surface area (Å²) in [5.74, 6) is 0.0487. The van der Waals surface area contributed by atoms with Gasteiger partial charge in [-0.05, 0) is 25.3 Å². The fourth-order valence-electron chi connectivity index (χ4n) is 1.63. The predicted octanol–water partition coefficient (Wildman–Crippen LogP) is 2.35. The van der Waals surface area contributed by atoms with Crippen molar-refractivity contribution in [2.45, 2.75) is 32.6 Å². The van der Waals surface area contributed by atoms with Gasteiger partial charge in [0.1, 0.15) is 0 Å². The zero-order valence-electron chi connectivity index (χ0n) is 10.2. The number of hydrogen-bond donors (Lipinski definition) is 1. The highest BCUT2D eigenvalue weighted by Crippen LogP contribution is 2.04. The van der Waals surface area contributed by atoms with Crippen molar-refractivity contribution in [2.24, 2.45) is 0 Å². The van der Waals surface area contributed by atoms with Crippen LogP contribution in [0.4, 0.5) is 0 Å². The SMILES string of the molecule is Cc1cccc(CC(=O)NCCCCC#N)c1. The van der Waals surface area contributed by atoms with E-state index in [1.54, 1.807) is 0 Å². The molecule has 0 atom stereocenters. The number of hydrogen-bond acceptors (Lipinski definition) is 2. The van der Waals surface area contributed by atoms with Gasteiger partial charge < -0.3 is 5.32 Å². The first-order chi connectivity index (χ1) is 8.22. The Balaban J connectivity index is 2.23. The lowest BCUT2D eigenvalue weighted by Gasteiger charge is -2.05. The molecular formula is C14H18N2O. The number of unbranched alkanes of at least 4 members (excludes halogenated alkanes) is 2. The van der Waals surface area contributed by atoms with Crippen LogP contribution in [0.2, 0.25) is 0 Å². The van der Waals surface area contributed by atoms with Crippen LogP contribution in [-0.4, -0.2) is 12.5 Å².